The fourth-order valence-electron chi connectivity index (χ4n) is 2.08. The lowest BCUT2D eigenvalue weighted by molar-refractivity contribution is -0.113. The summed E-state index contributed by atoms with van der Waals surface area (Å²) >= 11 is 7.08. The van der Waals surface area contributed by atoms with Crippen molar-refractivity contribution in [3.05, 3.63) is 51.7 Å². The number of carbonyl (C=O) groups excluding carboxylic acids is 1. The number of nitriles is 2. The summed E-state index contributed by atoms with van der Waals surface area (Å²) in [6.45, 7) is 3.67. The summed E-state index contributed by atoms with van der Waals surface area (Å²) in [5.74, 6) is -0.231. The van der Waals surface area contributed by atoms with Crippen molar-refractivity contribution in [2.24, 2.45) is 0 Å². The van der Waals surface area contributed by atoms with E-state index >= 15 is 0 Å². The molecule has 0 aliphatic heterocycles. The van der Waals surface area contributed by atoms with Gasteiger partial charge in [-0.15, -0.1) is 0 Å². The molecule has 0 saturated carbocycles. The van der Waals surface area contributed by atoms with E-state index in [9.17, 15) is 10.1 Å². The topological polar surface area (TPSA) is 89.6 Å². The zero-order valence-electron chi connectivity index (χ0n) is 13.1. The molecule has 24 heavy (non-hydrogen) atoms. The Morgan fingerprint density at radius 2 is 2.04 bits per heavy atom. The van der Waals surface area contributed by atoms with Crippen molar-refractivity contribution in [2.75, 3.05) is 11.1 Å². The predicted octanol–water partition coefficient (Wildman–Crippen LogP) is 3.83. The number of anilines is 1. The third-order valence-electron chi connectivity index (χ3n) is 3.14. The van der Waals surface area contributed by atoms with Gasteiger partial charge < -0.3 is 5.32 Å². The van der Waals surface area contributed by atoms with Crippen LogP contribution in [0.3, 0.4) is 0 Å². The Morgan fingerprint density at radius 1 is 1.29 bits per heavy atom. The fourth-order valence-corrected chi connectivity index (χ4v) is 3.15. The van der Waals surface area contributed by atoms with Crippen molar-refractivity contribution in [2.45, 2.75) is 18.9 Å². The highest BCUT2D eigenvalue weighted by Gasteiger charge is 2.13. The summed E-state index contributed by atoms with van der Waals surface area (Å²) in [5.41, 5.74) is 2.79. The van der Waals surface area contributed by atoms with E-state index in [-0.39, 0.29) is 11.7 Å². The lowest BCUT2D eigenvalue weighted by Crippen LogP contribution is -2.15. The zero-order valence-corrected chi connectivity index (χ0v) is 14.6. The third kappa shape index (κ3) is 4.26. The molecule has 1 aromatic carbocycles. The smallest absolute Gasteiger partial charge is 0.234 e. The molecule has 0 aliphatic carbocycles. The van der Waals surface area contributed by atoms with Crippen molar-refractivity contribution in [3.8, 4) is 12.1 Å². The molecule has 0 unspecified atom stereocenters. The van der Waals surface area contributed by atoms with E-state index < -0.39 is 0 Å². The summed E-state index contributed by atoms with van der Waals surface area (Å²) in [6.07, 6.45) is 0. The van der Waals surface area contributed by atoms with Crippen molar-refractivity contribution in [1.82, 2.24) is 4.98 Å². The summed E-state index contributed by atoms with van der Waals surface area (Å²) in [4.78, 5) is 16.5. The SMILES string of the molecule is Cc1cc(C)c(C#N)c(SCC(=O)Nc2cc(Cl)ccc2C#N)n1. The molecular weight excluding hydrogens is 344 g/mol. The number of aryl methyl sites for hydroxylation is 2. The number of nitrogens with zero attached hydrogens (tertiary/aromatic N) is 3. The molecule has 2 aromatic rings. The van der Waals surface area contributed by atoms with Gasteiger partial charge in [0.1, 0.15) is 17.2 Å². The van der Waals surface area contributed by atoms with Gasteiger partial charge >= 0.3 is 0 Å². The van der Waals surface area contributed by atoms with Crippen LogP contribution in [0.25, 0.3) is 0 Å². The second-order valence-corrected chi connectivity index (χ2v) is 6.41. The van der Waals surface area contributed by atoms with Crippen LogP contribution in [0.4, 0.5) is 5.69 Å². The number of hydrogen-bond donors (Lipinski definition) is 1. The van der Waals surface area contributed by atoms with Crippen LogP contribution >= 0.6 is 23.4 Å². The molecule has 0 bridgehead atoms. The molecule has 0 saturated heterocycles. The van der Waals surface area contributed by atoms with Crippen LogP contribution < -0.4 is 5.32 Å². The molecule has 7 heteroatoms. The molecule has 2 rings (SSSR count). The van der Waals surface area contributed by atoms with Gasteiger partial charge in [0, 0.05) is 10.7 Å². The van der Waals surface area contributed by atoms with Crippen LogP contribution in [0, 0.1) is 36.5 Å². The molecule has 0 fully saturated rings. The number of thioether (sulfide) groups is 1. The number of rotatable bonds is 4. The monoisotopic (exact) mass is 356 g/mol. The maximum atomic E-state index is 12.1. The van der Waals surface area contributed by atoms with Gasteiger partial charge in [-0.1, -0.05) is 23.4 Å². The first-order chi connectivity index (χ1) is 11.4. The van der Waals surface area contributed by atoms with Crippen LogP contribution in [0.15, 0.2) is 29.3 Å². The normalized spacial score (nSPS) is 9.88. The Labute approximate surface area is 149 Å². The molecule has 0 aliphatic rings. The number of nitrogens with one attached hydrogen (secondary N) is 1. The van der Waals surface area contributed by atoms with E-state index in [2.05, 4.69) is 16.4 Å². The van der Waals surface area contributed by atoms with E-state index in [1.54, 1.807) is 12.1 Å². The van der Waals surface area contributed by atoms with Gasteiger partial charge in [0.2, 0.25) is 5.91 Å². The van der Waals surface area contributed by atoms with E-state index in [4.69, 9.17) is 16.9 Å². The number of halogens is 1. The van der Waals surface area contributed by atoms with Crippen LogP contribution in [-0.2, 0) is 4.79 Å². The number of pyridine rings is 1. The minimum Gasteiger partial charge on any atom is -0.324 e. The molecule has 1 heterocycles. The van der Waals surface area contributed by atoms with E-state index in [0.717, 1.165) is 11.3 Å². The first-order valence-corrected chi connectivity index (χ1v) is 8.31. The van der Waals surface area contributed by atoms with Gasteiger partial charge in [-0.3, -0.25) is 4.79 Å². The van der Waals surface area contributed by atoms with Crippen LogP contribution in [0.2, 0.25) is 5.02 Å². The number of benzene rings is 1. The summed E-state index contributed by atoms with van der Waals surface area (Å²) < 4.78 is 0. The van der Waals surface area contributed by atoms with Crippen molar-refractivity contribution < 1.29 is 4.79 Å². The molecule has 0 spiro atoms. The Bertz CT molecular complexity index is 883. The molecule has 1 amide bonds. The highest BCUT2D eigenvalue weighted by Crippen LogP contribution is 2.25. The second kappa shape index (κ2) is 7.83. The Hall–Kier alpha value is -2.54. The zero-order chi connectivity index (χ0) is 17.7. The first-order valence-electron chi connectivity index (χ1n) is 6.95. The summed E-state index contributed by atoms with van der Waals surface area (Å²) in [7, 11) is 0. The lowest BCUT2D eigenvalue weighted by atomic mass is 10.1. The number of amides is 1. The van der Waals surface area contributed by atoms with Crippen molar-refractivity contribution in [1.29, 1.82) is 10.5 Å². The van der Waals surface area contributed by atoms with Gasteiger partial charge in [-0.25, -0.2) is 4.98 Å². The van der Waals surface area contributed by atoms with Gasteiger partial charge in [0.05, 0.1) is 22.6 Å². The van der Waals surface area contributed by atoms with Gasteiger partial charge in [0.25, 0.3) is 0 Å². The quantitative estimate of drug-likeness (QED) is 0.841. The molecule has 1 N–H and O–H groups in total. The highest BCUT2D eigenvalue weighted by molar-refractivity contribution is 8.00. The number of carbonyl (C=O) groups is 1. The maximum Gasteiger partial charge on any atom is 0.234 e. The summed E-state index contributed by atoms with van der Waals surface area (Å²) in [6, 6.07) is 10.6. The molecule has 0 atom stereocenters. The minimum atomic E-state index is -0.302. The van der Waals surface area contributed by atoms with Gasteiger partial charge in [-0.2, -0.15) is 10.5 Å². The molecule has 1 aromatic heterocycles. The predicted molar refractivity (Wildman–Crippen MR) is 93.9 cm³/mol. The van der Waals surface area contributed by atoms with E-state index in [1.807, 2.05) is 26.0 Å². The summed E-state index contributed by atoms with van der Waals surface area (Å²) in [5, 5.41) is 21.9. The van der Waals surface area contributed by atoms with Gasteiger partial charge in [0.15, 0.2) is 0 Å². The average molecular weight is 357 g/mol. The van der Waals surface area contributed by atoms with Crippen molar-refractivity contribution >= 4 is 35.0 Å². The van der Waals surface area contributed by atoms with E-state index in [0.29, 0.717) is 26.9 Å². The lowest BCUT2D eigenvalue weighted by Gasteiger charge is -2.09. The molecule has 0 radical (unpaired) electrons. The van der Waals surface area contributed by atoms with Crippen LogP contribution in [-0.4, -0.2) is 16.6 Å². The third-order valence-corrected chi connectivity index (χ3v) is 4.35. The molecular formula is C17H13ClN4OS. The molecule has 5 nitrogen and oxygen atoms in total. The van der Waals surface area contributed by atoms with Crippen LogP contribution in [0.1, 0.15) is 22.4 Å². The van der Waals surface area contributed by atoms with Crippen LogP contribution in [0.5, 0.6) is 0 Å². The maximum absolute atomic E-state index is 12.1. The Morgan fingerprint density at radius 3 is 2.71 bits per heavy atom. The largest absolute Gasteiger partial charge is 0.324 e. The van der Waals surface area contributed by atoms with Gasteiger partial charge in [-0.05, 0) is 43.7 Å². The fraction of sp³-hybridized carbons (Fsp3) is 0.176. The second-order valence-electron chi connectivity index (χ2n) is 5.01. The highest BCUT2D eigenvalue weighted by atomic mass is 35.5. The number of aromatic nitrogens is 1. The van der Waals surface area contributed by atoms with Crippen molar-refractivity contribution in [3.63, 3.8) is 0 Å². The Kier molecular flexibility index (Phi) is 5.81. The number of hydrogen-bond acceptors (Lipinski definition) is 5. The molecule has 120 valence electrons. The minimum absolute atomic E-state index is 0.0714. The first kappa shape index (κ1) is 17.8. The Balaban J connectivity index is 2.12. The van der Waals surface area contributed by atoms with E-state index in [1.165, 1.54) is 17.8 Å². The average Bonchev–Trinajstić information content (AvgIpc) is 2.52. The standard InChI is InChI=1S/C17H13ClN4OS/c1-10-5-11(2)21-17(14(10)8-20)24-9-16(23)22-15-6-13(18)4-3-12(15)7-19/h3-6H,9H2,1-2H3,(H,22,23).